The van der Waals surface area contributed by atoms with Crippen LogP contribution in [0.25, 0.3) is 0 Å². The number of rotatable bonds is 4. The lowest BCUT2D eigenvalue weighted by atomic mass is 9.88. The van der Waals surface area contributed by atoms with E-state index in [2.05, 4.69) is 45.0 Å². The highest BCUT2D eigenvalue weighted by atomic mass is 35.5. The molecule has 0 radical (unpaired) electrons. The second-order valence-corrected chi connectivity index (χ2v) is 6.03. The van der Waals surface area contributed by atoms with E-state index in [4.69, 9.17) is 11.6 Å². The third-order valence-electron chi connectivity index (χ3n) is 3.38. The van der Waals surface area contributed by atoms with Crippen LogP contribution in [0, 0.1) is 5.41 Å². The van der Waals surface area contributed by atoms with Gasteiger partial charge in [-0.25, -0.2) is 0 Å². The first kappa shape index (κ1) is 14.5. The predicted octanol–water partition coefficient (Wildman–Crippen LogP) is 3.16. The van der Waals surface area contributed by atoms with Gasteiger partial charge in [0, 0.05) is 19.6 Å². The summed E-state index contributed by atoms with van der Waals surface area (Å²) in [5, 5.41) is 8.74. The molecule has 1 aromatic rings. The van der Waals surface area contributed by atoms with Crippen LogP contribution in [-0.4, -0.2) is 15.8 Å². The minimum atomic E-state index is 0.249. The lowest BCUT2D eigenvalue weighted by molar-refractivity contribution is 0.283. The highest BCUT2D eigenvalue weighted by Gasteiger charge is 2.20. The Labute approximate surface area is 110 Å². The smallest absolute Gasteiger partial charge is 0.0863 e. The molecule has 17 heavy (non-hydrogen) atoms. The maximum absolute atomic E-state index is 6.30. The maximum Gasteiger partial charge on any atom is 0.0863 e. The van der Waals surface area contributed by atoms with Crippen molar-refractivity contribution in [3.8, 4) is 0 Å². The molecule has 0 aromatic carbocycles. The molecule has 98 valence electrons. The van der Waals surface area contributed by atoms with Crippen molar-refractivity contribution >= 4 is 11.6 Å². The van der Waals surface area contributed by atoms with Crippen LogP contribution in [0.1, 0.15) is 46.0 Å². The van der Waals surface area contributed by atoms with Crippen molar-refractivity contribution in [3.63, 3.8) is 0 Å². The minimum Gasteiger partial charge on any atom is -0.308 e. The summed E-state index contributed by atoms with van der Waals surface area (Å²) in [6.07, 6.45) is 0.876. The third-order valence-corrected chi connectivity index (χ3v) is 3.81. The molecule has 0 aliphatic heterocycles. The number of halogens is 1. The van der Waals surface area contributed by atoms with Crippen molar-refractivity contribution in [3.05, 3.63) is 16.4 Å². The molecular weight excluding hydrogens is 234 g/mol. The van der Waals surface area contributed by atoms with Gasteiger partial charge in [0.25, 0.3) is 0 Å². The van der Waals surface area contributed by atoms with E-state index in [1.165, 1.54) is 0 Å². The van der Waals surface area contributed by atoms with Crippen LogP contribution in [0.5, 0.6) is 0 Å². The van der Waals surface area contributed by atoms with Gasteiger partial charge in [-0.05, 0) is 18.8 Å². The lowest BCUT2D eigenvalue weighted by Crippen LogP contribution is -2.37. The summed E-state index contributed by atoms with van der Waals surface area (Å²) >= 11 is 6.30. The molecule has 1 N–H and O–H groups in total. The van der Waals surface area contributed by atoms with E-state index in [9.17, 15) is 0 Å². The fourth-order valence-electron chi connectivity index (χ4n) is 1.57. The van der Waals surface area contributed by atoms with Crippen LogP contribution in [-0.2, 0) is 20.0 Å². The van der Waals surface area contributed by atoms with Gasteiger partial charge >= 0.3 is 0 Å². The monoisotopic (exact) mass is 257 g/mol. The average Bonchev–Trinajstić information content (AvgIpc) is 2.49. The Morgan fingerprint density at radius 3 is 2.41 bits per heavy atom. The summed E-state index contributed by atoms with van der Waals surface area (Å²) in [6.45, 7) is 11.7. The van der Waals surface area contributed by atoms with Gasteiger partial charge in [-0.3, -0.25) is 4.68 Å². The lowest BCUT2D eigenvalue weighted by Gasteiger charge is -2.28. The molecule has 1 heterocycles. The maximum atomic E-state index is 6.30. The average molecular weight is 258 g/mol. The molecule has 1 rings (SSSR count). The van der Waals surface area contributed by atoms with Crippen molar-refractivity contribution in [2.45, 2.75) is 53.6 Å². The molecule has 0 fully saturated rings. The Balaban J connectivity index is 2.73. The van der Waals surface area contributed by atoms with Crippen molar-refractivity contribution in [1.82, 2.24) is 15.1 Å². The van der Waals surface area contributed by atoms with Gasteiger partial charge in [0.2, 0.25) is 0 Å². The van der Waals surface area contributed by atoms with Gasteiger partial charge < -0.3 is 5.32 Å². The van der Waals surface area contributed by atoms with Crippen LogP contribution < -0.4 is 5.32 Å². The molecular formula is C13H24ClN3. The second-order valence-electron chi connectivity index (χ2n) is 5.65. The van der Waals surface area contributed by atoms with E-state index < -0.39 is 0 Å². The van der Waals surface area contributed by atoms with Gasteiger partial charge in [-0.15, -0.1) is 0 Å². The van der Waals surface area contributed by atoms with Crippen LogP contribution in [0.4, 0.5) is 0 Å². The highest BCUT2D eigenvalue weighted by Crippen LogP contribution is 2.22. The number of nitrogens with zero attached hydrogens (tertiary/aromatic N) is 2. The first-order valence-corrected chi connectivity index (χ1v) is 6.58. The van der Waals surface area contributed by atoms with Crippen LogP contribution >= 0.6 is 11.6 Å². The summed E-state index contributed by atoms with van der Waals surface area (Å²) < 4.78 is 1.88. The van der Waals surface area contributed by atoms with Crippen LogP contribution in [0.15, 0.2) is 0 Å². The van der Waals surface area contributed by atoms with Crippen molar-refractivity contribution < 1.29 is 0 Å². The standard InChI is InChI=1S/C13H24ClN3/c1-7-10-12(14)11(17(6)16-10)8-15-9(2)13(3,4)5/h9,15H,7-8H2,1-6H3. The number of aromatic nitrogens is 2. The molecule has 0 spiro atoms. The van der Waals surface area contributed by atoms with Gasteiger partial charge in [0.15, 0.2) is 0 Å². The molecule has 1 aromatic heterocycles. The third kappa shape index (κ3) is 3.46. The van der Waals surface area contributed by atoms with E-state index in [1.54, 1.807) is 0 Å². The van der Waals surface area contributed by atoms with Crippen molar-refractivity contribution in [2.75, 3.05) is 0 Å². The summed E-state index contributed by atoms with van der Waals surface area (Å²) in [5.74, 6) is 0. The van der Waals surface area contributed by atoms with Crippen molar-refractivity contribution in [1.29, 1.82) is 0 Å². The Bertz CT molecular complexity index is 377. The quantitative estimate of drug-likeness (QED) is 0.898. The number of hydrogen-bond donors (Lipinski definition) is 1. The van der Waals surface area contributed by atoms with E-state index in [0.717, 1.165) is 29.4 Å². The van der Waals surface area contributed by atoms with Gasteiger partial charge in [0.1, 0.15) is 0 Å². The molecule has 0 saturated heterocycles. The SMILES string of the molecule is CCc1nn(C)c(CNC(C)C(C)(C)C)c1Cl. The largest absolute Gasteiger partial charge is 0.308 e. The topological polar surface area (TPSA) is 29.9 Å². The van der Waals surface area contributed by atoms with Crippen molar-refractivity contribution in [2.24, 2.45) is 12.5 Å². The van der Waals surface area contributed by atoms with Gasteiger partial charge in [-0.1, -0.05) is 39.3 Å². The summed E-state index contributed by atoms with van der Waals surface area (Å²) in [7, 11) is 1.95. The number of nitrogens with one attached hydrogen (secondary N) is 1. The fraction of sp³-hybridized carbons (Fsp3) is 0.769. The first-order chi connectivity index (χ1) is 7.77. The molecule has 3 nitrogen and oxygen atoms in total. The van der Waals surface area contributed by atoms with Crippen LogP contribution in [0.3, 0.4) is 0 Å². The summed E-state index contributed by atoms with van der Waals surface area (Å²) in [4.78, 5) is 0. The van der Waals surface area contributed by atoms with E-state index in [1.807, 2.05) is 11.7 Å². The zero-order valence-electron chi connectivity index (χ0n) is 11.8. The van der Waals surface area contributed by atoms with Gasteiger partial charge in [0.05, 0.1) is 16.4 Å². The van der Waals surface area contributed by atoms with Crippen LogP contribution in [0.2, 0.25) is 5.02 Å². The van der Waals surface area contributed by atoms with E-state index in [0.29, 0.717) is 6.04 Å². The first-order valence-electron chi connectivity index (χ1n) is 6.21. The molecule has 1 unspecified atom stereocenters. The Morgan fingerprint density at radius 2 is 2.00 bits per heavy atom. The molecule has 4 heteroatoms. The highest BCUT2D eigenvalue weighted by molar-refractivity contribution is 6.31. The van der Waals surface area contributed by atoms with Gasteiger partial charge in [-0.2, -0.15) is 5.10 Å². The summed E-state index contributed by atoms with van der Waals surface area (Å²) in [5.41, 5.74) is 2.30. The molecule has 0 amide bonds. The van der Waals surface area contributed by atoms with E-state index >= 15 is 0 Å². The zero-order valence-corrected chi connectivity index (χ0v) is 12.5. The molecule has 0 saturated carbocycles. The molecule has 0 aliphatic carbocycles. The van der Waals surface area contributed by atoms with E-state index in [-0.39, 0.29) is 5.41 Å². The fourth-order valence-corrected chi connectivity index (χ4v) is 1.93. The molecule has 0 aliphatic rings. The Morgan fingerprint density at radius 1 is 1.41 bits per heavy atom. The second kappa shape index (κ2) is 5.40. The number of aryl methyl sites for hydroxylation is 2. The summed E-state index contributed by atoms with van der Waals surface area (Å²) in [6, 6.07) is 0.429. The Kier molecular flexibility index (Phi) is 4.62. The Hall–Kier alpha value is -0.540. The number of hydrogen-bond acceptors (Lipinski definition) is 2. The molecule has 0 bridgehead atoms. The molecule has 1 atom stereocenters. The predicted molar refractivity (Wildman–Crippen MR) is 73.4 cm³/mol. The normalized spacial score (nSPS) is 14.1. The zero-order chi connectivity index (χ0) is 13.2. The minimum absolute atomic E-state index is 0.249.